The molecule has 112 valence electrons. The molecule has 0 heterocycles. The summed E-state index contributed by atoms with van der Waals surface area (Å²) in [7, 11) is 0. The summed E-state index contributed by atoms with van der Waals surface area (Å²) in [6.07, 6.45) is 4.56. The molecule has 1 atom stereocenters. The number of hydrogen-bond donors (Lipinski definition) is 0. The first-order valence-corrected chi connectivity index (χ1v) is 7.64. The van der Waals surface area contributed by atoms with Gasteiger partial charge in [0.25, 0.3) is 0 Å². The number of rotatable bonds is 9. The summed E-state index contributed by atoms with van der Waals surface area (Å²) in [5, 5.41) is 0.646. The number of ether oxygens (including phenoxy) is 2. The van der Waals surface area contributed by atoms with E-state index >= 15 is 0 Å². The molecule has 0 aliphatic rings. The SMILES string of the molecule is CCCCCCC(Oc1ccc(Cl)cc1)C(=O)OCC. The van der Waals surface area contributed by atoms with Crippen molar-refractivity contribution in [1.82, 2.24) is 0 Å². The van der Waals surface area contributed by atoms with E-state index in [4.69, 9.17) is 21.1 Å². The van der Waals surface area contributed by atoms with Crippen molar-refractivity contribution in [2.24, 2.45) is 0 Å². The largest absolute Gasteiger partial charge is 0.479 e. The molecule has 0 bridgehead atoms. The zero-order chi connectivity index (χ0) is 14.8. The molecule has 0 aliphatic heterocycles. The Kier molecular flexibility index (Phi) is 8.12. The van der Waals surface area contributed by atoms with Gasteiger partial charge >= 0.3 is 5.97 Å². The highest BCUT2D eigenvalue weighted by atomic mass is 35.5. The van der Waals surface area contributed by atoms with Gasteiger partial charge in [-0.2, -0.15) is 0 Å². The quantitative estimate of drug-likeness (QED) is 0.493. The third-order valence-electron chi connectivity index (χ3n) is 2.96. The third kappa shape index (κ3) is 6.29. The third-order valence-corrected chi connectivity index (χ3v) is 3.21. The van der Waals surface area contributed by atoms with Crippen LogP contribution in [0.2, 0.25) is 5.02 Å². The molecule has 0 amide bonds. The first kappa shape index (κ1) is 16.8. The van der Waals surface area contributed by atoms with Crippen molar-refractivity contribution in [3.05, 3.63) is 29.3 Å². The molecular formula is C16H23ClO3. The molecule has 0 aliphatic carbocycles. The second-order valence-corrected chi connectivity index (χ2v) is 5.10. The first-order chi connectivity index (χ1) is 9.67. The van der Waals surface area contributed by atoms with Gasteiger partial charge in [0.1, 0.15) is 5.75 Å². The van der Waals surface area contributed by atoms with Gasteiger partial charge in [0, 0.05) is 5.02 Å². The molecule has 0 aromatic heterocycles. The van der Waals surface area contributed by atoms with Crippen LogP contribution in [0.25, 0.3) is 0 Å². The summed E-state index contributed by atoms with van der Waals surface area (Å²) >= 11 is 5.83. The van der Waals surface area contributed by atoms with Gasteiger partial charge in [0.05, 0.1) is 6.61 Å². The maximum Gasteiger partial charge on any atom is 0.347 e. The second-order valence-electron chi connectivity index (χ2n) is 4.66. The van der Waals surface area contributed by atoms with Gasteiger partial charge < -0.3 is 9.47 Å². The molecule has 4 heteroatoms. The van der Waals surface area contributed by atoms with Crippen LogP contribution in [0.3, 0.4) is 0 Å². The number of benzene rings is 1. The molecule has 0 N–H and O–H groups in total. The Morgan fingerprint density at radius 3 is 2.45 bits per heavy atom. The topological polar surface area (TPSA) is 35.5 Å². The predicted octanol–water partition coefficient (Wildman–Crippen LogP) is 4.62. The van der Waals surface area contributed by atoms with Crippen LogP contribution in [-0.4, -0.2) is 18.7 Å². The Morgan fingerprint density at radius 2 is 1.85 bits per heavy atom. The number of carbonyl (C=O) groups excluding carboxylic acids is 1. The number of unbranched alkanes of at least 4 members (excludes halogenated alkanes) is 3. The molecule has 0 radical (unpaired) electrons. The molecule has 1 unspecified atom stereocenters. The molecule has 1 aromatic carbocycles. The number of halogens is 1. The van der Waals surface area contributed by atoms with Crippen molar-refractivity contribution < 1.29 is 14.3 Å². The van der Waals surface area contributed by atoms with Crippen LogP contribution in [-0.2, 0) is 9.53 Å². The van der Waals surface area contributed by atoms with Crippen LogP contribution in [0.1, 0.15) is 46.0 Å². The van der Waals surface area contributed by atoms with Crippen molar-refractivity contribution in [2.75, 3.05) is 6.61 Å². The maximum absolute atomic E-state index is 11.9. The van der Waals surface area contributed by atoms with E-state index in [1.807, 2.05) is 0 Å². The summed E-state index contributed by atoms with van der Waals surface area (Å²) in [4.78, 5) is 11.9. The van der Waals surface area contributed by atoms with E-state index in [0.29, 0.717) is 23.8 Å². The highest BCUT2D eigenvalue weighted by molar-refractivity contribution is 6.30. The van der Waals surface area contributed by atoms with Crippen molar-refractivity contribution in [1.29, 1.82) is 0 Å². The molecule has 1 rings (SSSR count). The summed E-state index contributed by atoms with van der Waals surface area (Å²) < 4.78 is 10.8. The Hall–Kier alpha value is -1.22. The lowest BCUT2D eigenvalue weighted by molar-refractivity contribution is -0.151. The lowest BCUT2D eigenvalue weighted by Gasteiger charge is -2.17. The maximum atomic E-state index is 11.9. The van der Waals surface area contributed by atoms with E-state index in [1.165, 1.54) is 12.8 Å². The highest BCUT2D eigenvalue weighted by Crippen LogP contribution is 2.19. The summed E-state index contributed by atoms with van der Waals surface area (Å²) in [6, 6.07) is 7.02. The van der Waals surface area contributed by atoms with Crippen molar-refractivity contribution >= 4 is 17.6 Å². The van der Waals surface area contributed by atoms with Gasteiger partial charge in [-0.05, 0) is 44.0 Å². The fourth-order valence-corrected chi connectivity index (χ4v) is 2.02. The molecule has 20 heavy (non-hydrogen) atoms. The van der Waals surface area contributed by atoms with Gasteiger partial charge in [-0.25, -0.2) is 4.79 Å². The van der Waals surface area contributed by atoms with Gasteiger partial charge in [-0.15, -0.1) is 0 Å². The number of hydrogen-bond acceptors (Lipinski definition) is 3. The Balaban J connectivity index is 2.56. The Bertz CT molecular complexity index is 389. The van der Waals surface area contributed by atoms with Crippen LogP contribution < -0.4 is 4.74 Å². The van der Waals surface area contributed by atoms with Crippen LogP contribution in [0.5, 0.6) is 5.75 Å². The molecule has 0 fully saturated rings. The van der Waals surface area contributed by atoms with Gasteiger partial charge in [0.2, 0.25) is 0 Å². The minimum atomic E-state index is -0.534. The smallest absolute Gasteiger partial charge is 0.347 e. The lowest BCUT2D eigenvalue weighted by Crippen LogP contribution is -2.29. The normalized spacial score (nSPS) is 11.9. The predicted molar refractivity (Wildman–Crippen MR) is 81.3 cm³/mol. The van der Waals surface area contributed by atoms with E-state index in [-0.39, 0.29) is 5.97 Å². The molecule has 0 saturated carbocycles. The van der Waals surface area contributed by atoms with Crippen molar-refractivity contribution in [3.63, 3.8) is 0 Å². The molecule has 3 nitrogen and oxygen atoms in total. The highest BCUT2D eigenvalue weighted by Gasteiger charge is 2.21. The van der Waals surface area contributed by atoms with E-state index in [2.05, 4.69) is 6.92 Å². The van der Waals surface area contributed by atoms with Crippen LogP contribution in [0, 0.1) is 0 Å². The molecule has 0 saturated heterocycles. The molecule has 1 aromatic rings. The lowest BCUT2D eigenvalue weighted by atomic mass is 10.1. The Labute approximate surface area is 126 Å². The standard InChI is InChI=1S/C16H23ClO3/c1-3-5-6-7-8-15(16(18)19-4-2)20-14-11-9-13(17)10-12-14/h9-12,15H,3-8H2,1-2H3. The molecule has 0 spiro atoms. The van der Waals surface area contributed by atoms with Crippen molar-refractivity contribution in [3.8, 4) is 5.75 Å². The minimum absolute atomic E-state index is 0.293. The average Bonchev–Trinajstić information content (AvgIpc) is 2.44. The van der Waals surface area contributed by atoms with Crippen LogP contribution in [0.4, 0.5) is 0 Å². The summed E-state index contributed by atoms with van der Waals surface area (Å²) in [5.41, 5.74) is 0. The van der Waals surface area contributed by atoms with Gasteiger partial charge in [-0.1, -0.05) is 37.8 Å². The van der Waals surface area contributed by atoms with Crippen LogP contribution in [0.15, 0.2) is 24.3 Å². The fourth-order valence-electron chi connectivity index (χ4n) is 1.89. The van der Waals surface area contributed by atoms with E-state index < -0.39 is 6.10 Å². The number of esters is 1. The van der Waals surface area contributed by atoms with E-state index in [0.717, 1.165) is 12.8 Å². The zero-order valence-electron chi connectivity index (χ0n) is 12.2. The molecular weight excluding hydrogens is 276 g/mol. The average molecular weight is 299 g/mol. The van der Waals surface area contributed by atoms with E-state index in [1.54, 1.807) is 31.2 Å². The monoisotopic (exact) mass is 298 g/mol. The van der Waals surface area contributed by atoms with E-state index in [9.17, 15) is 4.79 Å². The Morgan fingerprint density at radius 1 is 1.15 bits per heavy atom. The zero-order valence-corrected chi connectivity index (χ0v) is 13.0. The fraction of sp³-hybridized carbons (Fsp3) is 0.562. The van der Waals surface area contributed by atoms with Gasteiger partial charge in [-0.3, -0.25) is 0 Å². The first-order valence-electron chi connectivity index (χ1n) is 7.26. The number of carbonyl (C=O) groups is 1. The van der Waals surface area contributed by atoms with Crippen molar-refractivity contribution in [2.45, 2.75) is 52.1 Å². The summed E-state index contributed by atoms with van der Waals surface area (Å²) in [5.74, 6) is 0.349. The second kappa shape index (κ2) is 9.65. The van der Waals surface area contributed by atoms with Crippen LogP contribution >= 0.6 is 11.6 Å². The van der Waals surface area contributed by atoms with Gasteiger partial charge in [0.15, 0.2) is 6.10 Å². The minimum Gasteiger partial charge on any atom is -0.479 e. The summed E-state index contributed by atoms with van der Waals surface area (Å²) in [6.45, 7) is 4.33.